The number of nitrogens with zero attached hydrogens (tertiary/aromatic N) is 1. The maximum Gasteiger partial charge on any atom is 0.309 e. The van der Waals surface area contributed by atoms with Gasteiger partial charge in [-0.2, -0.15) is 0 Å². The molecule has 52 heavy (non-hydrogen) atoms. The lowest BCUT2D eigenvalue weighted by atomic mass is 9.33. The minimum absolute atomic E-state index is 0.0174. The van der Waals surface area contributed by atoms with Crippen LogP contribution < -0.4 is 5.32 Å². The number of ketones is 1. The molecular weight excluding hydrogens is 652 g/mol. The van der Waals surface area contributed by atoms with E-state index in [1.165, 1.54) is 25.0 Å². The number of aliphatic carboxylic acids is 1. The lowest BCUT2D eigenvalue weighted by Gasteiger charge is -2.72. The van der Waals surface area contributed by atoms with E-state index in [0.717, 1.165) is 69.9 Å². The lowest BCUT2D eigenvalue weighted by molar-refractivity contribution is -0.235. The second-order valence-corrected chi connectivity index (χ2v) is 20.8. The molecule has 5 fully saturated rings. The number of aliphatic hydroxyl groups excluding tert-OH is 1. The Morgan fingerprint density at radius 1 is 0.962 bits per heavy atom. The highest BCUT2D eigenvalue weighted by Crippen LogP contribution is 2.77. The highest BCUT2D eigenvalue weighted by Gasteiger charge is 2.70. The summed E-state index contributed by atoms with van der Waals surface area (Å²) in [5.74, 6) is 0.199. The van der Waals surface area contributed by atoms with Crippen molar-refractivity contribution in [2.45, 2.75) is 164 Å². The number of rotatable bonds is 11. The molecule has 0 aromatic heterocycles. The van der Waals surface area contributed by atoms with Gasteiger partial charge in [-0.05, 0) is 150 Å². The Labute approximate surface area is 314 Å². The maximum absolute atomic E-state index is 14.0. The molecule has 0 spiro atoms. The van der Waals surface area contributed by atoms with Crippen molar-refractivity contribution >= 4 is 17.7 Å². The van der Waals surface area contributed by atoms with Crippen molar-refractivity contribution in [3.8, 4) is 0 Å². The molecule has 0 aromatic rings. The molecule has 0 amide bonds. The van der Waals surface area contributed by atoms with Crippen LogP contribution in [0.4, 0.5) is 0 Å². The van der Waals surface area contributed by atoms with Crippen molar-refractivity contribution in [1.29, 1.82) is 0 Å². The second-order valence-electron chi connectivity index (χ2n) is 20.8. The van der Waals surface area contributed by atoms with Crippen LogP contribution in [0.1, 0.15) is 146 Å². The zero-order valence-corrected chi connectivity index (χ0v) is 34.3. The van der Waals surface area contributed by atoms with Gasteiger partial charge < -0.3 is 25.2 Å². The van der Waals surface area contributed by atoms with Crippen molar-refractivity contribution < 1.29 is 29.3 Å². The number of likely N-dealkylation sites (tertiary alicyclic amines) is 1. The molecule has 0 radical (unpaired) electrons. The van der Waals surface area contributed by atoms with Gasteiger partial charge in [0.2, 0.25) is 0 Å². The average molecular weight is 725 g/mol. The Hall–Kier alpha value is -1.77. The molecule has 4 saturated carbocycles. The number of hydrogen-bond acceptors (Lipinski definition) is 7. The summed E-state index contributed by atoms with van der Waals surface area (Å²) in [6.45, 7) is 22.4. The van der Waals surface area contributed by atoms with Crippen LogP contribution in [-0.2, 0) is 19.1 Å². The summed E-state index contributed by atoms with van der Waals surface area (Å²) in [4.78, 5) is 41.3. The van der Waals surface area contributed by atoms with Crippen LogP contribution in [0.15, 0.2) is 11.1 Å². The minimum atomic E-state index is -1.16. The van der Waals surface area contributed by atoms with E-state index < -0.39 is 28.9 Å². The van der Waals surface area contributed by atoms with Gasteiger partial charge in [-0.25, -0.2) is 0 Å². The van der Waals surface area contributed by atoms with Crippen LogP contribution in [0.2, 0.25) is 0 Å². The molecule has 8 heteroatoms. The highest BCUT2D eigenvalue weighted by molar-refractivity contribution is 6.00. The molecule has 10 atom stereocenters. The molecular formula is C44H72N2O6. The number of hydrogen-bond donors (Lipinski definition) is 3. The standard InChI is InChI=1S/C44H72N2O6/c1-27(2)36-30(47)24-44(33(48)26-45-22-17-28-12-11-23-46(28)10)21-20-42(8)29(37(36)44)13-14-32-41(7)18-16-34(52-35(49)25-39(3,4)38(50)51)40(5,6)31(41)15-19-43(32,42)9/h27-29,31-34,45,48H,11-26H2,1-10H3,(H,50,51)/t28?,29-,31+,32-,33-,34+,41+,42-,43-,44+/m1/s1. The monoisotopic (exact) mass is 725 g/mol. The van der Waals surface area contributed by atoms with Crippen LogP contribution in [0.25, 0.3) is 0 Å². The van der Waals surface area contributed by atoms with Gasteiger partial charge in [-0.1, -0.05) is 54.0 Å². The number of allylic oxidation sites excluding steroid dienone is 1. The molecule has 1 aliphatic heterocycles. The number of esters is 1. The highest BCUT2D eigenvalue weighted by atomic mass is 16.5. The Morgan fingerprint density at radius 3 is 2.31 bits per heavy atom. The zero-order chi connectivity index (χ0) is 38.2. The molecule has 3 N–H and O–H groups in total. The third kappa shape index (κ3) is 6.15. The first-order chi connectivity index (χ1) is 24.2. The molecule has 1 heterocycles. The third-order valence-electron chi connectivity index (χ3n) is 17.2. The summed E-state index contributed by atoms with van der Waals surface area (Å²) in [7, 11) is 2.22. The number of fused-ring (bicyclic) bond motifs is 7. The van der Waals surface area contributed by atoms with Crippen molar-refractivity contribution in [3.05, 3.63) is 11.1 Å². The van der Waals surface area contributed by atoms with Gasteiger partial charge in [0.25, 0.3) is 0 Å². The van der Waals surface area contributed by atoms with E-state index in [-0.39, 0.29) is 51.8 Å². The largest absolute Gasteiger partial charge is 0.481 e. The van der Waals surface area contributed by atoms with Gasteiger partial charge in [0.15, 0.2) is 5.78 Å². The molecule has 5 aliphatic carbocycles. The molecule has 6 rings (SSSR count). The Morgan fingerprint density at radius 2 is 1.67 bits per heavy atom. The molecule has 8 nitrogen and oxygen atoms in total. The molecule has 0 bridgehead atoms. The number of Topliss-reactive ketones (excluding diaryl/α,β-unsaturated/α-hetero) is 1. The van der Waals surface area contributed by atoms with E-state index in [4.69, 9.17) is 4.74 Å². The zero-order valence-electron chi connectivity index (χ0n) is 34.3. The number of carboxylic acids is 1. The van der Waals surface area contributed by atoms with Crippen LogP contribution in [-0.4, -0.2) is 77.8 Å². The summed E-state index contributed by atoms with van der Waals surface area (Å²) >= 11 is 0. The SMILES string of the molecule is CC(C)C1=C2[C@H]3CC[C@@H]4[C@@]5(C)CC[C@H](OC(=O)CC(C)(C)C(=O)O)C(C)(C)[C@@H]5CC[C@@]4(C)[C@]3(C)CC[C@@]2([C@H](O)CNCCC2CCCN2C)CC1=O. The Balaban J connectivity index is 1.23. The summed E-state index contributed by atoms with van der Waals surface area (Å²) in [6, 6.07) is 0.619. The fourth-order valence-corrected chi connectivity index (χ4v) is 14.0. The quantitative estimate of drug-likeness (QED) is 0.146. The smallest absolute Gasteiger partial charge is 0.309 e. The van der Waals surface area contributed by atoms with E-state index >= 15 is 0 Å². The number of ether oxygens (including phenoxy) is 1. The average Bonchev–Trinajstić information content (AvgIpc) is 3.60. The fourth-order valence-electron chi connectivity index (χ4n) is 14.0. The Bertz CT molecular complexity index is 1450. The van der Waals surface area contributed by atoms with Gasteiger partial charge in [0.1, 0.15) is 6.10 Å². The van der Waals surface area contributed by atoms with E-state index in [1.54, 1.807) is 13.8 Å². The van der Waals surface area contributed by atoms with Gasteiger partial charge >= 0.3 is 11.9 Å². The summed E-state index contributed by atoms with van der Waals surface area (Å²) < 4.78 is 6.17. The van der Waals surface area contributed by atoms with Gasteiger partial charge in [-0.15, -0.1) is 0 Å². The predicted octanol–water partition coefficient (Wildman–Crippen LogP) is 7.81. The van der Waals surface area contributed by atoms with E-state index in [9.17, 15) is 24.6 Å². The van der Waals surface area contributed by atoms with E-state index in [0.29, 0.717) is 30.8 Å². The molecule has 6 aliphatic rings. The van der Waals surface area contributed by atoms with Crippen molar-refractivity contribution in [3.63, 3.8) is 0 Å². The first-order valence-electron chi connectivity index (χ1n) is 21.0. The van der Waals surface area contributed by atoms with Crippen LogP contribution in [0.5, 0.6) is 0 Å². The molecule has 1 saturated heterocycles. The van der Waals surface area contributed by atoms with Crippen LogP contribution >= 0.6 is 0 Å². The van der Waals surface area contributed by atoms with Crippen LogP contribution in [0.3, 0.4) is 0 Å². The molecule has 1 unspecified atom stereocenters. The lowest BCUT2D eigenvalue weighted by Crippen LogP contribution is -2.66. The van der Waals surface area contributed by atoms with E-state index in [2.05, 4.69) is 65.7 Å². The first kappa shape index (κ1) is 39.9. The van der Waals surface area contributed by atoms with Gasteiger partial charge in [0, 0.05) is 29.8 Å². The van der Waals surface area contributed by atoms with Gasteiger partial charge in [0.05, 0.1) is 17.9 Å². The summed E-state index contributed by atoms with van der Waals surface area (Å²) in [5.41, 5.74) is 0.681. The topological polar surface area (TPSA) is 116 Å². The number of carbonyl (C=O) groups is 3. The fraction of sp³-hybridized carbons (Fsp3) is 0.886. The number of carbonyl (C=O) groups excluding carboxylic acids is 2. The maximum atomic E-state index is 14.0. The third-order valence-corrected chi connectivity index (χ3v) is 17.2. The second kappa shape index (κ2) is 13.8. The van der Waals surface area contributed by atoms with Crippen LogP contribution in [0, 0.1) is 56.2 Å². The Kier molecular flexibility index (Phi) is 10.6. The summed E-state index contributed by atoms with van der Waals surface area (Å²) in [5, 5.41) is 25.4. The number of nitrogens with one attached hydrogen (secondary N) is 1. The normalized spacial score (nSPS) is 40.9. The van der Waals surface area contributed by atoms with Crippen molar-refractivity contribution in [1.82, 2.24) is 10.2 Å². The predicted molar refractivity (Wildman–Crippen MR) is 204 cm³/mol. The number of carboxylic acid groups (broad SMARTS) is 1. The van der Waals surface area contributed by atoms with E-state index in [1.807, 2.05) is 0 Å². The first-order valence-corrected chi connectivity index (χ1v) is 21.0. The van der Waals surface area contributed by atoms with Crippen molar-refractivity contribution in [2.24, 2.45) is 56.2 Å². The molecule has 0 aromatic carbocycles. The minimum Gasteiger partial charge on any atom is -0.481 e. The van der Waals surface area contributed by atoms with Gasteiger partial charge in [-0.3, -0.25) is 14.4 Å². The number of aliphatic hydroxyl groups is 1. The molecule has 294 valence electrons. The van der Waals surface area contributed by atoms with Crippen molar-refractivity contribution in [2.75, 3.05) is 26.7 Å². The summed E-state index contributed by atoms with van der Waals surface area (Å²) in [6.07, 6.45) is 11.1.